The number of ether oxygens (including phenoxy) is 1. The predicted octanol–water partition coefficient (Wildman–Crippen LogP) is 2.71. The van der Waals surface area contributed by atoms with Crippen LogP contribution in [0.4, 0.5) is 4.79 Å². The highest BCUT2D eigenvalue weighted by atomic mass is 16.5. The molecule has 0 heterocycles. The first kappa shape index (κ1) is 11.0. The van der Waals surface area contributed by atoms with Crippen molar-refractivity contribution in [1.29, 1.82) is 0 Å². The van der Waals surface area contributed by atoms with Gasteiger partial charge in [-0.15, -0.1) is 0 Å². The normalized spacial score (nSPS) is 22.6. The third kappa shape index (κ3) is 2.99. The van der Waals surface area contributed by atoms with Gasteiger partial charge in [0.05, 0.1) is 0 Å². The van der Waals surface area contributed by atoms with Crippen molar-refractivity contribution in [2.45, 2.75) is 32.4 Å². The maximum atomic E-state index is 11.4. The molecule has 1 aromatic rings. The molecule has 2 atom stereocenters. The minimum absolute atomic E-state index is 0.301. The molecule has 0 saturated heterocycles. The monoisotopic (exact) mass is 219 g/mol. The molecule has 1 aliphatic rings. The molecule has 0 unspecified atom stereocenters. The molecule has 2 rings (SSSR count). The second-order valence-electron chi connectivity index (χ2n) is 4.22. The molecular formula is C13H17NO2. The van der Waals surface area contributed by atoms with E-state index < -0.39 is 0 Å². The van der Waals surface area contributed by atoms with E-state index in [9.17, 15) is 4.79 Å². The van der Waals surface area contributed by atoms with Gasteiger partial charge in [0.1, 0.15) is 6.61 Å². The fourth-order valence-electron chi connectivity index (χ4n) is 1.79. The van der Waals surface area contributed by atoms with Crippen LogP contribution < -0.4 is 5.32 Å². The van der Waals surface area contributed by atoms with Crippen LogP contribution in [0.2, 0.25) is 0 Å². The number of benzene rings is 1. The molecule has 1 aromatic carbocycles. The van der Waals surface area contributed by atoms with Crippen LogP contribution >= 0.6 is 0 Å². The average Bonchev–Trinajstić information content (AvgIpc) is 3.06. The Morgan fingerprint density at radius 1 is 1.44 bits per heavy atom. The quantitative estimate of drug-likeness (QED) is 0.845. The molecule has 3 heteroatoms. The summed E-state index contributed by atoms with van der Waals surface area (Å²) >= 11 is 0. The van der Waals surface area contributed by atoms with Gasteiger partial charge < -0.3 is 10.1 Å². The Kier molecular flexibility index (Phi) is 3.44. The van der Waals surface area contributed by atoms with Gasteiger partial charge in [0.2, 0.25) is 0 Å². The second-order valence-corrected chi connectivity index (χ2v) is 4.22. The van der Waals surface area contributed by atoms with Crippen molar-refractivity contribution < 1.29 is 9.53 Å². The molecule has 0 bridgehead atoms. The largest absolute Gasteiger partial charge is 0.445 e. The van der Waals surface area contributed by atoms with Crippen molar-refractivity contribution in [3.63, 3.8) is 0 Å². The van der Waals surface area contributed by atoms with Crippen molar-refractivity contribution in [3.05, 3.63) is 35.9 Å². The van der Waals surface area contributed by atoms with Gasteiger partial charge in [-0.05, 0) is 17.9 Å². The topological polar surface area (TPSA) is 38.3 Å². The number of amides is 1. The summed E-state index contributed by atoms with van der Waals surface area (Å²) < 4.78 is 5.12. The summed E-state index contributed by atoms with van der Waals surface area (Å²) in [5.74, 6) is 0.657. The maximum Gasteiger partial charge on any atom is 0.407 e. The fourth-order valence-corrected chi connectivity index (χ4v) is 1.79. The lowest BCUT2D eigenvalue weighted by Crippen LogP contribution is -2.27. The lowest BCUT2D eigenvalue weighted by Gasteiger charge is -2.06. The van der Waals surface area contributed by atoms with E-state index in [-0.39, 0.29) is 6.09 Å². The third-order valence-electron chi connectivity index (χ3n) is 2.96. The Labute approximate surface area is 95.8 Å². The zero-order chi connectivity index (χ0) is 11.4. The molecule has 1 fully saturated rings. The lowest BCUT2D eigenvalue weighted by atomic mass is 10.2. The number of carbonyl (C=O) groups is 1. The molecule has 0 spiro atoms. The number of rotatable bonds is 4. The molecule has 3 nitrogen and oxygen atoms in total. The van der Waals surface area contributed by atoms with Gasteiger partial charge in [0, 0.05) is 6.04 Å². The second kappa shape index (κ2) is 5.01. The first-order valence-electron chi connectivity index (χ1n) is 5.77. The van der Waals surface area contributed by atoms with Crippen molar-refractivity contribution in [3.8, 4) is 0 Å². The zero-order valence-electron chi connectivity index (χ0n) is 9.48. The van der Waals surface area contributed by atoms with Crippen LogP contribution in [0.25, 0.3) is 0 Å². The smallest absolute Gasteiger partial charge is 0.407 e. The van der Waals surface area contributed by atoms with Gasteiger partial charge >= 0.3 is 6.09 Å². The zero-order valence-corrected chi connectivity index (χ0v) is 9.48. The van der Waals surface area contributed by atoms with Gasteiger partial charge in [-0.1, -0.05) is 43.7 Å². The number of carbonyl (C=O) groups excluding carboxylic acids is 1. The molecular weight excluding hydrogens is 202 g/mol. The van der Waals surface area contributed by atoms with E-state index in [1.54, 1.807) is 0 Å². The molecule has 1 amide bonds. The highest BCUT2D eigenvalue weighted by molar-refractivity contribution is 5.68. The van der Waals surface area contributed by atoms with Gasteiger partial charge in [-0.25, -0.2) is 4.79 Å². The molecule has 0 radical (unpaired) electrons. The van der Waals surface area contributed by atoms with Gasteiger partial charge in [0.15, 0.2) is 0 Å². The number of hydrogen-bond acceptors (Lipinski definition) is 2. The van der Waals surface area contributed by atoms with E-state index in [0.29, 0.717) is 18.6 Å². The van der Waals surface area contributed by atoms with Crippen molar-refractivity contribution >= 4 is 6.09 Å². The van der Waals surface area contributed by atoms with Crippen LogP contribution in [-0.2, 0) is 11.3 Å². The van der Waals surface area contributed by atoms with Crippen LogP contribution in [-0.4, -0.2) is 12.1 Å². The van der Waals surface area contributed by atoms with E-state index in [1.165, 1.54) is 0 Å². The Hall–Kier alpha value is -1.51. The van der Waals surface area contributed by atoms with E-state index in [2.05, 4.69) is 12.2 Å². The number of nitrogens with one attached hydrogen (secondary N) is 1. The van der Waals surface area contributed by atoms with Gasteiger partial charge in [-0.2, -0.15) is 0 Å². The van der Waals surface area contributed by atoms with Gasteiger partial charge in [0.25, 0.3) is 0 Å². The van der Waals surface area contributed by atoms with E-state index >= 15 is 0 Å². The Bertz CT molecular complexity index is 350. The number of hydrogen-bond donors (Lipinski definition) is 1. The Balaban J connectivity index is 1.69. The predicted molar refractivity (Wildman–Crippen MR) is 61.9 cm³/mol. The highest BCUT2D eigenvalue weighted by Crippen LogP contribution is 2.33. The van der Waals surface area contributed by atoms with Crippen molar-refractivity contribution in [1.82, 2.24) is 5.32 Å². The molecule has 1 N–H and O–H groups in total. The van der Waals surface area contributed by atoms with Gasteiger partial charge in [-0.3, -0.25) is 0 Å². The van der Waals surface area contributed by atoms with E-state index in [0.717, 1.165) is 18.4 Å². The van der Waals surface area contributed by atoms with Crippen LogP contribution in [0.1, 0.15) is 25.3 Å². The summed E-state index contributed by atoms with van der Waals surface area (Å²) in [6.45, 7) is 2.48. The first-order chi connectivity index (χ1) is 7.79. The molecule has 16 heavy (non-hydrogen) atoms. The van der Waals surface area contributed by atoms with Crippen LogP contribution in [0.15, 0.2) is 30.3 Å². The SMILES string of the molecule is CC[C@H]1C[C@@H]1NC(=O)OCc1ccccc1. The maximum absolute atomic E-state index is 11.4. The third-order valence-corrected chi connectivity index (χ3v) is 2.96. The summed E-state index contributed by atoms with van der Waals surface area (Å²) in [5, 5.41) is 2.86. The highest BCUT2D eigenvalue weighted by Gasteiger charge is 2.36. The Morgan fingerprint density at radius 3 is 2.81 bits per heavy atom. The number of alkyl carbamates (subject to hydrolysis) is 1. The standard InChI is InChI=1S/C13H17NO2/c1-2-11-8-12(11)14-13(15)16-9-10-6-4-3-5-7-10/h3-7,11-12H,2,8-9H2,1H3,(H,14,15)/t11-,12-/m0/s1. The molecule has 1 aliphatic carbocycles. The Morgan fingerprint density at radius 2 is 2.19 bits per heavy atom. The van der Waals surface area contributed by atoms with E-state index in [1.807, 2.05) is 30.3 Å². The summed E-state index contributed by atoms with van der Waals surface area (Å²) in [6.07, 6.45) is 1.92. The summed E-state index contributed by atoms with van der Waals surface area (Å²) in [7, 11) is 0. The molecule has 0 aromatic heterocycles. The van der Waals surface area contributed by atoms with Crippen LogP contribution in [0, 0.1) is 5.92 Å². The van der Waals surface area contributed by atoms with Crippen LogP contribution in [0.3, 0.4) is 0 Å². The first-order valence-corrected chi connectivity index (χ1v) is 5.77. The average molecular weight is 219 g/mol. The fraction of sp³-hybridized carbons (Fsp3) is 0.462. The summed E-state index contributed by atoms with van der Waals surface area (Å²) in [6, 6.07) is 10.0. The van der Waals surface area contributed by atoms with Crippen molar-refractivity contribution in [2.24, 2.45) is 5.92 Å². The molecule has 0 aliphatic heterocycles. The van der Waals surface area contributed by atoms with E-state index in [4.69, 9.17) is 4.74 Å². The minimum atomic E-state index is -0.301. The minimum Gasteiger partial charge on any atom is -0.445 e. The summed E-state index contributed by atoms with van der Waals surface area (Å²) in [4.78, 5) is 11.4. The summed E-state index contributed by atoms with van der Waals surface area (Å²) in [5.41, 5.74) is 1.01. The van der Waals surface area contributed by atoms with Crippen LogP contribution in [0.5, 0.6) is 0 Å². The van der Waals surface area contributed by atoms with Crippen molar-refractivity contribution in [2.75, 3.05) is 0 Å². The molecule has 86 valence electrons. The molecule has 1 saturated carbocycles. The lowest BCUT2D eigenvalue weighted by molar-refractivity contribution is 0.138.